The lowest BCUT2D eigenvalue weighted by atomic mass is 9.83. The number of para-hydroxylation sites is 2. The first kappa shape index (κ1) is 22.6. The highest BCUT2D eigenvalue weighted by molar-refractivity contribution is 6.21. The van der Waals surface area contributed by atoms with Gasteiger partial charge < -0.3 is 8.83 Å². The molecule has 0 saturated heterocycles. The Bertz CT molecular complexity index is 2250. The van der Waals surface area contributed by atoms with Crippen molar-refractivity contribution in [2.24, 2.45) is 0 Å². The quantitative estimate of drug-likeness (QED) is 0.224. The van der Waals surface area contributed by atoms with E-state index in [-0.39, 0.29) is 5.41 Å². The van der Waals surface area contributed by atoms with E-state index in [1.807, 2.05) is 36.5 Å². The maximum absolute atomic E-state index is 6.48. The van der Waals surface area contributed by atoms with Crippen LogP contribution in [0, 0.1) is 0 Å². The van der Waals surface area contributed by atoms with Crippen molar-refractivity contribution in [2.45, 2.75) is 19.3 Å². The minimum absolute atomic E-state index is 0.114. The summed E-state index contributed by atoms with van der Waals surface area (Å²) in [6, 6.07) is 35.7. The molecular formula is C37H24N2O2. The van der Waals surface area contributed by atoms with E-state index < -0.39 is 0 Å². The lowest BCUT2D eigenvalue weighted by Crippen LogP contribution is -2.15. The van der Waals surface area contributed by atoms with Gasteiger partial charge in [0.25, 0.3) is 0 Å². The summed E-state index contributed by atoms with van der Waals surface area (Å²) in [4.78, 5) is 9.82. The fraction of sp³-hybridized carbons (Fsp3) is 0.0811. The molecule has 4 aromatic heterocycles. The first-order valence-corrected chi connectivity index (χ1v) is 13.9. The predicted octanol–water partition coefficient (Wildman–Crippen LogP) is 9.92. The summed E-state index contributed by atoms with van der Waals surface area (Å²) in [7, 11) is 0. The van der Waals surface area contributed by atoms with E-state index in [2.05, 4.69) is 86.6 Å². The zero-order valence-electron chi connectivity index (χ0n) is 22.6. The molecule has 41 heavy (non-hydrogen) atoms. The normalized spacial score (nSPS) is 13.8. The average Bonchev–Trinajstić information content (AvgIpc) is 3.64. The summed E-state index contributed by atoms with van der Waals surface area (Å²) in [5.41, 5.74) is 11.7. The number of aromatic nitrogens is 2. The Labute approximate surface area is 235 Å². The van der Waals surface area contributed by atoms with Crippen molar-refractivity contribution < 1.29 is 8.83 Å². The lowest BCUT2D eigenvalue weighted by molar-refractivity contribution is 0.657. The first-order chi connectivity index (χ1) is 20.1. The number of rotatable bonds is 2. The summed E-state index contributed by atoms with van der Waals surface area (Å²) in [5.74, 6) is 0. The molecule has 1 aliphatic rings. The van der Waals surface area contributed by atoms with Gasteiger partial charge in [0.15, 0.2) is 0 Å². The highest BCUT2D eigenvalue weighted by atomic mass is 16.3. The van der Waals surface area contributed by atoms with E-state index in [1.54, 1.807) is 0 Å². The largest absolute Gasteiger partial charge is 0.455 e. The predicted molar refractivity (Wildman–Crippen MR) is 165 cm³/mol. The number of hydrogen-bond donors (Lipinski definition) is 0. The molecule has 4 nitrogen and oxygen atoms in total. The van der Waals surface area contributed by atoms with Crippen LogP contribution in [0.2, 0.25) is 0 Å². The Morgan fingerprint density at radius 2 is 1.17 bits per heavy atom. The van der Waals surface area contributed by atoms with E-state index >= 15 is 0 Å². The van der Waals surface area contributed by atoms with Crippen LogP contribution in [0.25, 0.3) is 77.6 Å². The molecule has 9 rings (SSSR count). The SMILES string of the molecule is CC1(C)c2cccnc2-c2nc(-c3ccc(-c4c5oc6ccccc6c5cc5c4oc4ccccc45)cc3)ccc21. The molecule has 0 spiro atoms. The Balaban J connectivity index is 1.24. The maximum atomic E-state index is 6.48. The van der Waals surface area contributed by atoms with Crippen LogP contribution in [-0.2, 0) is 5.41 Å². The van der Waals surface area contributed by atoms with E-state index in [4.69, 9.17) is 18.8 Å². The second-order valence-corrected chi connectivity index (χ2v) is 11.4. The van der Waals surface area contributed by atoms with Gasteiger partial charge in [-0.25, -0.2) is 4.98 Å². The molecule has 4 aromatic carbocycles. The van der Waals surface area contributed by atoms with Gasteiger partial charge in [0.05, 0.1) is 22.6 Å². The van der Waals surface area contributed by atoms with Crippen molar-refractivity contribution in [3.05, 3.63) is 120 Å². The molecule has 0 radical (unpaired) electrons. The zero-order chi connectivity index (χ0) is 27.3. The Kier molecular flexibility index (Phi) is 4.36. The van der Waals surface area contributed by atoms with Gasteiger partial charge in [-0.05, 0) is 47.0 Å². The highest BCUT2D eigenvalue weighted by Gasteiger charge is 2.37. The van der Waals surface area contributed by atoms with Crippen molar-refractivity contribution in [2.75, 3.05) is 0 Å². The topological polar surface area (TPSA) is 52.1 Å². The monoisotopic (exact) mass is 528 g/mol. The summed E-state index contributed by atoms with van der Waals surface area (Å²) >= 11 is 0. The average molecular weight is 529 g/mol. The Hall–Kier alpha value is -5.22. The van der Waals surface area contributed by atoms with Gasteiger partial charge in [-0.2, -0.15) is 0 Å². The highest BCUT2D eigenvalue weighted by Crippen LogP contribution is 2.48. The van der Waals surface area contributed by atoms with Crippen molar-refractivity contribution in [1.82, 2.24) is 9.97 Å². The number of fused-ring (bicyclic) bond motifs is 9. The molecule has 1 aliphatic carbocycles. The third-order valence-electron chi connectivity index (χ3n) is 8.75. The van der Waals surface area contributed by atoms with Crippen LogP contribution in [0.3, 0.4) is 0 Å². The van der Waals surface area contributed by atoms with Crippen LogP contribution in [-0.4, -0.2) is 9.97 Å². The minimum Gasteiger partial charge on any atom is -0.455 e. The third-order valence-corrected chi connectivity index (χ3v) is 8.75. The van der Waals surface area contributed by atoms with Gasteiger partial charge >= 0.3 is 0 Å². The second kappa shape index (κ2) is 7.92. The third kappa shape index (κ3) is 3.05. The molecular weight excluding hydrogens is 504 g/mol. The van der Waals surface area contributed by atoms with Crippen LogP contribution in [0.15, 0.2) is 118 Å². The van der Waals surface area contributed by atoms with Crippen LogP contribution in [0.4, 0.5) is 0 Å². The fourth-order valence-electron chi connectivity index (χ4n) is 6.65. The number of hydrogen-bond acceptors (Lipinski definition) is 4. The summed E-state index contributed by atoms with van der Waals surface area (Å²) in [6.07, 6.45) is 1.85. The Morgan fingerprint density at radius 3 is 1.85 bits per heavy atom. The van der Waals surface area contributed by atoms with Gasteiger partial charge in [-0.3, -0.25) is 4.98 Å². The standard InChI is InChI=1S/C37H24N2O2/c1-37(2)27-10-7-19-38-33(27)34-28(37)17-18-29(39-34)21-13-15-22(16-14-21)32-35-25(23-8-3-5-11-30(23)40-35)20-26-24-9-4-6-12-31(24)41-36(26)32/h3-20H,1-2H3. The number of benzene rings is 4. The molecule has 0 atom stereocenters. The molecule has 4 heteroatoms. The second-order valence-electron chi connectivity index (χ2n) is 11.4. The lowest BCUT2D eigenvalue weighted by Gasteiger charge is -2.20. The summed E-state index contributed by atoms with van der Waals surface area (Å²) < 4.78 is 13.0. The molecule has 0 bridgehead atoms. The Morgan fingerprint density at radius 1 is 0.561 bits per heavy atom. The van der Waals surface area contributed by atoms with E-state index in [0.29, 0.717) is 0 Å². The summed E-state index contributed by atoms with van der Waals surface area (Å²) in [5, 5.41) is 4.39. The zero-order valence-corrected chi connectivity index (χ0v) is 22.6. The van der Waals surface area contributed by atoms with Crippen LogP contribution >= 0.6 is 0 Å². The van der Waals surface area contributed by atoms with Crippen molar-refractivity contribution in [1.29, 1.82) is 0 Å². The van der Waals surface area contributed by atoms with Crippen molar-refractivity contribution in [3.8, 4) is 33.8 Å². The van der Waals surface area contributed by atoms with Gasteiger partial charge in [-0.1, -0.05) is 86.6 Å². The number of pyridine rings is 2. The first-order valence-electron chi connectivity index (χ1n) is 13.9. The molecule has 0 aliphatic heterocycles. The van der Waals surface area contributed by atoms with E-state index in [1.165, 1.54) is 11.1 Å². The number of furan rings is 2. The minimum atomic E-state index is -0.114. The number of nitrogens with zero attached hydrogens (tertiary/aromatic N) is 2. The van der Waals surface area contributed by atoms with Gasteiger partial charge in [0.2, 0.25) is 0 Å². The molecule has 0 saturated carbocycles. The molecule has 0 fully saturated rings. The van der Waals surface area contributed by atoms with Gasteiger partial charge in [-0.15, -0.1) is 0 Å². The summed E-state index contributed by atoms with van der Waals surface area (Å²) in [6.45, 7) is 4.49. The molecule has 0 N–H and O–H groups in total. The van der Waals surface area contributed by atoms with Crippen LogP contribution < -0.4 is 0 Å². The molecule has 0 amide bonds. The van der Waals surface area contributed by atoms with E-state index in [0.717, 1.165) is 77.6 Å². The van der Waals surface area contributed by atoms with Crippen LogP contribution in [0.1, 0.15) is 25.0 Å². The molecule has 8 aromatic rings. The fourth-order valence-corrected chi connectivity index (χ4v) is 6.65. The molecule has 0 unspecified atom stereocenters. The maximum Gasteiger partial charge on any atom is 0.147 e. The van der Waals surface area contributed by atoms with Crippen molar-refractivity contribution >= 4 is 43.9 Å². The van der Waals surface area contributed by atoms with Gasteiger partial charge in [0, 0.05) is 38.7 Å². The molecule has 194 valence electrons. The molecule has 4 heterocycles. The van der Waals surface area contributed by atoms with E-state index in [9.17, 15) is 0 Å². The van der Waals surface area contributed by atoms with Crippen LogP contribution in [0.5, 0.6) is 0 Å². The van der Waals surface area contributed by atoms with Crippen molar-refractivity contribution in [3.63, 3.8) is 0 Å². The smallest absolute Gasteiger partial charge is 0.147 e. The van der Waals surface area contributed by atoms with Gasteiger partial charge in [0.1, 0.15) is 22.3 Å².